The first-order valence-corrected chi connectivity index (χ1v) is 8.55. The lowest BCUT2D eigenvalue weighted by atomic mass is 10.2. The van der Waals surface area contributed by atoms with Crippen molar-refractivity contribution in [2.45, 2.75) is 25.9 Å². The minimum absolute atomic E-state index is 0.270. The molecule has 116 valence electrons. The van der Waals surface area contributed by atoms with E-state index < -0.39 is 6.10 Å². The molecule has 0 aliphatic heterocycles. The van der Waals surface area contributed by atoms with E-state index in [0.29, 0.717) is 12.1 Å². The van der Waals surface area contributed by atoms with E-state index in [9.17, 15) is 9.59 Å². The molecular formula is C16H16BrNO3S. The third-order valence-electron chi connectivity index (χ3n) is 2.99. The Morgan fingerprint density at radius 1 is 1.27 bits per heavy atom. The Labute approximate surface area is 141 Å². The number of aryl methyl sites for hydroxylation is 1. The highest BCUT2D eigenvalue weighted by molar-refractivity contribution is 9.10. The summed E-state index contributed by atoms with van der Waals surface area (Å²) < 4.78 is 6.08. The van der Waals surface area contributed by atoms with E-state index in [2.05, 4.69) is 21.2 Å². The molecule has 0 saturated heterocycles. The summed E-state index contributed by atoms with van der Waals surface area (Å²) in [5.41, 5.74) is 1.77. The lowest BCUT2D eigenvalue weighted by Crippen LogP contribution is -2.30. The van der Waals surface area contributed by atoms with Gasteiger partial charge in [0.05, 0.1) is 0 Å². The maximum Gasteiger partial charge on any atom is 0.306 e. The summed E-state index contributed by atoms with van der Waals surface area (Å²) in [4.78, 5) is 23.7. The molecule has 0 aliphatic rings. The average Bonchev–Trinajstić information content (AvgIpc) is 3.01. The highest BCUT2D eigenvalue weighted by atomic mass is 79.9. The molecule has 1 amide bonds. The van der Waals surface area contributed by atoms with E-state index in [0.717, 1.165) is 10.0 Å². The van der Waals surface area contributed by atoms with Crippen LogP contribution in [0.15, 0.2) is 45.6 Å². The molecule has 0 radical (unpaired) electrons. The monoisotopic (exact) mass is 381 g/mol. The Morgan fingerprint density at radius 3 is 2.64 bits per heavy atom. The fraction of sp³-hybridized carbons (Fsp3) is 0.250. The van der Waals surface area contributed by atoms with E-state index in [1.165, 1.54) is 0 Å². The van der Waals surface area contributed by atoms with E-state index in [1.807, 2.05) is 29.0 Å². The normalized spacial score (nSPS) is 11.7. The van der Waals surface area contributed by atoms with Gasteiger partial charge < -0.3 is 10.1 Å². The fourth-order valence-electron chi connectivity index (χ4n) is 1.77. The Hall–Kier alpha value is -1.66. The van der Waals surface area contributed by atoms with Crippen LogP contribution >= 0.6 is 27.3 Å². The number of hydrogen-bond donors (Lipinski definition) is 1. The number of nitrogens with one attached hydrogen (secondary N) is 1. The molecule has 0 fully saturated rings. The molecule has 0 aliphatic carbocycles. The van der Waals surface area contributed by atoms with Crippen molar-refractivity contribution >= 4 is 44.8 Å². The van der Waals surface area contributed by atoms with Gasteiger partial charge in [0.25, 0.3) is 5.91 Å². The van der Waals surface area contributed by atoms with Crippen LogP contribution in [0.4, 0.5) is 5.69 Å². The number of anilines is 1. The molecule has 22 heavy (non-hydrogen) atoms. The van der Waals surface area contributed by atoms with E-state index in [-0.39, 0.29) is 18.3 Å². The van der Waals surface area contributed by atoms with Crippen molar-refractivity contribution < 1.29 is 14.3 Å². The first kappa shape index (κ1) is 16.7. The van der Waals surface area contributed by atoms with Gasteiger partial charge >= 0.3 is 5.97 Å². The third kappa shape index (κ3) is 5.27. The van der Waals surface area contributed by atoms with Gasteiger partial charge in [-0.15, -0.1) is 0 Å². The molecule has 1 unspecified atom stereocenters. The molecule has 0 bridgehead atoms. The Bertz CT molecular complexity index is 625. The lowest BCUT2D eigenvalue weighted by molar-refractivity contribution is -0.153. The molecule has 2 aromatic rings. The fourth-order valence-corrected chi connectivity index (χ4v) is 2.74. The zero-order valence-corrected chi connectivity index (χ0v) is 14.4. The van der Waals surface area contributed by atoms with Crippen molar-refractivity contribution in [1.29, 1.82) is 0 Å². The summed E-state index contributed by atoms with van der Waals surface area (Å²) >= 11 is 4.92. The van der Waals surface area contributed by atoms with Gasteiger partial charge in [-0.25, -0.2) is 0 Å². The summed E-state index contributed by atoms with van der Waals surface area (Å²) in [6.07, 6.45) is 0.0781. The predicted octanol–water partition coefficient (Wildman–Crippen LogP) is 4.01. The van der Waals surface area contributed by atoms with Gasteiger partial charge in [0.2, 0.25) is 0 Å². The zero-order chi connectivity index (χ0) is 15.9. The topological polar surface area (TPSA) is 55.4 Å². The number of halogens is 1. The van der Waals surface area contributed by atoms with Crippen LogP contribution in [0.2, 0.25) is 0 Å². The molecule has 2 rings (SSSR count). The number of carbonyl (C=O) groups excluding carboxylic acids is 2. The number of hydrogen-bond acceptors (Lipinski definition) is 4. The molecule has 4 nitrogen and oxygen atoms in total. The molecule has 1 atom stereocenters. The summed E-state index contributed by atoms with van der Waals surface area (Å²) in [6, 6.07) is 9.17. The Balaban J connectivity index is 1.77. The second-order valence-electron chi connectivity index (χ2n) is 4.76. The van der Waals surface area contributed by atoms with Crippen LogP contribution in [0.3, 0.4) is 0 Å². The van der Waals surface area contributed by atoms with Gasteiger partial charge in [0, 0.05) is 16.6 Å². The standard InChI is InChI=1S/C16H16BrNO3S/c1-11(16(20)18-14-5-3-13(17)4-6-14)21-15(19)7-2-12-8-9-22-10-12/h3-6,8-11H,2,7H2,1H3,(H,18,20). The van der Waals surface area contributed by atoms with Crippen LogP contribution < -0.4 is 5.32 Å². The molecule has 1 aromatic heterocycles. The third-order valence-corrected chi connectivity index (χ3v) is 4.25. The van der Waals surface area contributed by atoms with Gasteiger partial charge in [-0.2, -0.15) is 11.3 Å². The van der Waals surface area contributed by atoms with Gasteiger partial charge in [0.1, 0.15) is 0 Å². The van der Waals surface area contributed by atoms with Gasteiger partial charge in [0.15, 0.2) is 6.10 Å². The smallest absolute Gasteiger partial charge is 0.306 e. The lowest BCUT2D eigenvalue weighted by Gasteiger charge is -2.13. The summed E-state index contributed by atoms with van der Waals surface area (Å²) in [7, 11) is 0. The zero-order valence-electron chi connectivity index (χ0n) is 12.0. The van der Waals surface area contributed by atoms with Crippen molar-refractivity contribution in [2.24, 2.45) is 0 Å². The molecule has 0 saturated carbocycles. The van der Waals surface area contributed by atoms with Crippen molar-refractivity contribution in [1.82, 2.24) is 0 Å². The van der Waals surface area contributed by atoms with E-state index >= 15 is 0 Å². The van der Waals surface area contributed by atoms with Crippen molar-refractivity contribution in [2.75, 3.05) is 5.32 Å². The number of rotatable bonds is 6. The Morgan fingerprint density at radius 2 is 2.00 bits per heavy atom. The van der Waals surface area contributed by atoms with Crippen LogP contribution in [-0.2, 0) is 20.7 Å². The predicted molar refractivity (Wildman–Crippen MR) is 91.0 cm³/mol. The highest BCUT2D eigenvalue weighted by Gasteiger charge is 2.17. The van der Waals surface area contributed by atoms with Crippen molar-refractivity contribution in [3.05, 3.63) is 51.1 Å². The molecule has 1 N–H and O–H groups in total. The summed E-state index contributed by atoms with van der Waals surface area (Å²) in [5.74, 6) is -0.712. The number of thiophene rings is 1. The second-order valence-corrected chi connectivity index (χ2v) is 6.46. The van der Waals surface area contributed by atoms with Crippen molar-refractivity contribution in [3.63, 3.8) is 0 Å². The van der Waals surface area contributed by atoms with Gasteiger partial charge in [-0.3, -0.25) is 9.59 Å². The molecular weight excluding hydrogens is 366 g/mol. The van der Waals surface area contributed by atoms with Crippen LogP contribution in [0.1, 0.15) is 18.9 Å². The number of ether oxygens (including phenoxy) is 1. The highest BCUT2D eigenvalue weighted by Crippen LogP contribution is 2.15. The van der Waals surface area contributed by atoms with Gasteiger partial charge in [-0.1, -0.05) is 15.9 Å². The van der Waals surface area contributed by atoms with Crippen molar-refractivity contribution in [3.8, 4) is 0 Å². The summed E-state index contributed by atoms with van der Waals surface area (Å²) in [6.45, 7) is 1.57. The second kappa shape index (κ2) is 8.10. The minimum Gasteiger partial charge on any atom is -0.453 e. The van der Waals surface area contributed by atoms with Crippen LogP contribution in [-0.4, -0.2) is 18.0 Å². The van der Waals surface area contributed by atoms with E-state index in [1.54, 1.807) is 30.4 Å². The summed E-state index contributed by atoms with van der Waals surface area (Å²) in [5, 5.41) is 6.67. The number of esters is 1. The molecule has 1 aromatic carbocycles. The van der Waals surface area contributed by atoms with Crippen LogP contribution in [0.25, 0.3) is 0 Å². The SMILES string of the molecule is CC(OC(=O)CCc1ccsc1)C(=O)Nc1ccc(Br)cc1. The van der Waals surface area contributed by atoms with E-state index in [4.69, 9.17) is 4.74 Å². The van der Waals surface area contributed by atoms with Crippen LogP contribution in [0, 0.1) is 0 Å². The molecule has 1 heterocycles. The number of benzene rings is 1. The first-order valence-electron chi connectivity index (χ1n) is 6.81. The number of carbonyl (C=O) groups is 2. The van der Waals surface area contributed by atoms with Crippen LogP contribution in [0.5, 0.6) is 0 Å². The minimum atomic E-state index is -0.821. The number of amides is 1. The largest absolute Gasteiger partial charge is 0.453 e. The van der Waals surface area contributed by atoms with Gasteiger partial charge in [-0.05, 0) is 60.0 Å². The molecule has 6 heteroatoms. The maximum absolute atomic E-state index is 12.0. The quantitative estimate of drug-likeness (QED) is 0.768. The first-order chi connectivity index (χ1) is 10.5. The Kier molecular flexibility index (Phi) is 6.15. The molecule has 0 spiro atoms. The maximum atomic E-state index is 12.0. The average molecular weight is 382 g/mol.